The number of nitrogens with zero attached hydrogens (tertiary/aromatic N) is 2. The minimum absolute atomic E-state index is 0.688. The van der Waals surface area contributed by atoms with Crippen molar-refractivity contribution in [2.75, 3.05) is 26.7 Å². The van der Waals surface area contributed by atoms with E-state index in [0.29, 0.717) is 6.04 Å². The van der Waals surface area contributed by atoms with Gasteiger partial charge in [0, 0.05) is 48.8 Å². The van der Waals surface area contributed by atoms with Crippen LogP contribution < -0.4 is 4.74 Å². The third kappa shape index (κ3) is 4.40. The molecule has 28 heavy (non-hydrogen) atoms. The van der Waals surface area contributed by atoms with E-state index in [0.717, 1.165) is 38.5 Å². The summed E-state index contributed by atoms with van der Waals surface area (Å²) in [6.45, 7) is 7.78. The Balaban J connectivity index is 1.33. The fraction of sp³-hybridized carbons (Fsp3) is 0.417. The second-order valence-corrected chi connectivity index (χ2v) is 7.80. The lowest BCUT2D eigenvalue weighted by atomic mass is 10.0. The summed E-state index contributed by atoms with van der Waals surface area (Å²) in [4.78, 5) is 8.78. The highest BCUT2D eigenvalue weighted by atomic mass is 16.5. The molecule has 4 rings (SSSR count). The molecule has 1 aromatic heterocycles. The van der Waals surface area contributed by atoms with Gasteiger partial charge in [-0.05, 0) is 49.2 Å². The Morgan fingerprint density at radius 2 is 1.86 bits per heavy atom. The SMILES string of the molecule is CCN(Cc1ccccc1)C1CCN(Cc2cc3cc(OC)ccc3[nH]2)CC1. The van der Waals surface area contributed by atoms with Crippen molar-refractivity contribution in [2.45, 2.75) is 38.9 Å². The zero-order valence-electron chi connectivity index (χ0n) is 17.0. The number of nitrogens with one attached hydrogen (secondary N) is 1. The van der Waals surface area contributed by atoms with E-state index in [-0.39, 0.29) is 0 Å². The smallest absolute Gasteiger partial charge is 0.119 e. The monoisotopic (exact) mass is 377 g/mol. The van der Waals surface area contributed by atoms with E-state index >= 15 is 0 Å². The van der Waals surface area contributed by atoms with Gasteiger partial charge in [-0.1, -0.05) is 37.3 Å². The molecule has 2 heterocycles. The van der Waals surface area contributed by atoms with E-state index in [4.69, 9.17) is 4.74 Å². The molecule has 0 unspecified atom stereocenters. The van der Waals surface area contributed by atoms with Gasteiger partial charge in [-0.3, -0.25) is 9.80 Å². The summed E-state index contributed by atoms with van der Waals surface area (Å²) in [6.07, 6.45) is 2.49. The molecule has 1 fully saturated rings. The fourth-order valence-electron chi connectivity index (χ4n) is 4.38. The normalized spacial score (nSPS) is 16.1. The molecule has 0 amide bonds. The van der Waals surface area contributed by atoms with Crippen LogP contribution in [0, 0.1) is 0 Å². The van der Waals surface area contributed by atoms with Crippen LogP contribution in [0.15, 0.2) is 54.6 Å². The number of aromatic nitrogens is 1. The van der Waals surface area contributed by atoms with Crippen molar-refractivity contribution in [3.8, 4) is 5.75 Å². The number of H-pyrrole nitrogens is 1. The molecule has 4 heteroatoms. The van der Waals surface area contributed by atoms with Gasteiger partial charge in [0.2, 0.25) is 0 Å². The van der Waals surface area contributed by atoms with Gasteiger partial charge in [-0.2, -0.15) is 0 Å². The van der Waals surface area contributed by atoms with Crippen molar-refractivity contribution in [3.63, 3.8) is 0 Å². The lowest BCUT2D eigenvalue weighted by molar-refractivity contribution is 0.103. The van der Waals surface area contributed by atoms with Crippen LogP contribution in [0.1, 0.15) is 31.0 Å². The number of aromatic amines is 1. The standard InChI is InChI=1S/C24H31N3O/c1-3-27(17-19-7-5-4-6-8-19)22-11-13-26(14-12-22)18-21-15-20-16-23(28-2)9-10-24(20)25-21/h4-10,15-16,22,25H,3,11-14,17-18H2,1-2H3. The molecule has 0 saturated carbocycles. The first-order valence-corrected chi connectivity index (χ1v) is 10.4. The average molecular weight is 378 g/mol. The second kappa shape index (κ2) is 8.80. The van der Waals surface area contributed by atoms with Crippen molar-refractivity contribution < 1.29 is 4.74 Å². The van der Waals surface area contributed by atoms with Crippen molar-refractivity contribution in [2.24, 2.45) is 0 Å². The van der Waals surface area contributed by atoms with Crippen LogP contribution in [-0.4, -0.2) is 47.6 Å². The molecular weight excluding hydrogens is 346 g/mol. The Bertz CT molecular complexity index is 881. The summed E-state index contributed by atoms with van der Waals surface area (Å²) in [7, 11) is 1.72. The molecule has 1 aliphatic heterocycles. The molecule has 0 bridgehead atoms. The van der Waals surface area contributed by atoms with E-state index < -0.39 is 0 Å². The van der Waals surface area contributed by atoms with Gasteiger partial charge in [0.25, 0.3) is 0 Å². The molecule has 0 spiro atoms. The van der Waals surface area contributed by atoms with Crippen LogP contribution in [0.5, 0.6) is 5.75 Å². The first-order chi connectivity index (χ1) is 13.7. The Labute approximate surface area is 168 Å². The number of fused-ring (bicyclic) bond motifs is 1. The Morgan fingerprint density at radius 1 is 1.07 bits per heavy atom. The molecule has 3 aromatic rings. The second-order valence-electron chi connectivity index (χ2n) is 7.80. The summed E-state index contributed by atoms with van der Waals surface area (Å²) in [5.74, 6) is 0.914. The van der Waals surface area contributed by atoms with E-state index in [1.807, 2.05) is 6.07 Å². The summed E-state index contributed by atoms with van der Waals surface area (Å²) >= 11 is 0. The highest BCUT2D eigenvalue weighted by Gasteiger charge is 2.24. The summed E-state index contributed by atoms with van der Waals surface area (Å²) < 4.78 is 5.34. The highest BCUT2D eigenvalue weighted by Crippen LogP contribution is 2.24. The number of piperidine rings is 1. The van der Waals surface area contributed by atoms with Crippen LogP contribution in [0.2, 0.25) is 0 Å². The summed E-state index contributed by atoms with van der Waals surface area (Å²) in [6, 6.07) is 20.0. The number of methoxy groups -OCH3 is 1. The van der Waals surface area contributed by atoms with Gasteiger partial charge in [-0.15, -0.1) is 0 Å². The van der Waals surface area contributed by atoms with Gasteiger partial charge in [-0.25, -0.2) is 0 Å². The highest BCUT2D eigenvalue weighted by molar-refractivity contribution is 5.81. The van der Waals surface area contributed by atoms with Crippen molar-refractivity contribution >= 4 is 10.9 Å². The maximum atomic E-state index is 5.34. The quantitative estimate of drug-likeness (QED) is 0.650. The Hall–Kier alpha value is -2.30. The van der Waals surface area contributed by atoms with Crippen molar-refractivity contribution in [1.82, 2.24) is 14.8 Å². The minimum Gasteiger partial charge on any atom is -0.497 e. The Kier molecular flexibility index (Phi) is 5.98. The lowest BCUT2D eigenvalue weighted by Gasteiger charge is -2.38. The molecule has 1 aliphatic rings. The molecule has 0 aliphatic carbocycles. The van der Waals surface area contributed by atoms with E-state index in [1.165, 1.54) is 35.0 Å². The summed E-state index contributed by atoms with van der Waals surface area (Å²) in [5, 5.41) is 1.23. The van der Waals surface area contributed by atoms with Crippen molar-refractivity contribution in [1.29, 1.82) is 0 Å². The lowest BCUT2D eigenvalue weighted by Crippen LogP contribution is -2.44. The zero-order valence-corrected chi connectivity index (χ0v) is 17.0. The van der Waals surface area contributed by atoms with Gasteiger partial charge < -0.3 is 9.72 Å². The third-order valence-electron chi connectivity index (χ3n) is 5.99. The Morgan fingerprint density at radius 3 is 2.57 bits per heavy atom. The topological polar surface area (TPSA) is 31.5 Å². The number of hydrogen-bond donors (Lipinski definition) is 1. The van der Waals surface area contributed by atoms with E-state index in [2.05, 4.69) is 70.2 Å². The van der Waals surface area contributed by atoms with Gasteiger partial charge >= 0.3 is 0 Å². The molecular formula is C24H31N3O. The maximum Gasteiger partial charge on any atom is 0.119 e. The van der Waals surface area contributed by atoms with Gasteiger partial charge in [0.1, 0.15) is 5.75 Å². The van der Waals surface area contributed by atoms with Crippen molar-refractivity contribution in [3.05, 3.63) is 65.9 Å². The molecule has 1 N–H and O–H groups in total. The largest absolute Gasteiger partial charge is 0.497 e. The van der Waals surface area contributed by atoms with Crippen LogP contribution in [0.4, 0.5) is 0 Å². The van der Waals surface area contributed by atoms with Gasteiger partial charge in [0.15, 0.2) is 0 Å². The minimum atomic E-state index is 0.688. The maximum absolute atomic E-state index is 5.34. The molecule has 0 radical (unpaired) electrons. The predicted molar refractivity (Wildman–Crippen MR) is 116 cm³/mol. The van der Waals surface area contributed by atoms with Gasteiger partial charge in [0.05, 0.1) is 7.11 Å². The van der Waals surface area contributed by atoms with E-state index in [1.54, 1.807) is 7.11 Å². The molecule has 1 saturated heterocycles. The average Bonchev–Trinajstić information content (AvgIpc) is 3.14. The van der Waals surface area contributed by atoms with Crippen LogP contribution in [-0.2, 0) is 13.1 Å². The molecule has 2 aromatic carbocycles. The van der Waals surface area contributed by atoms with Crippen LogP contribution in [0.25, 0.3) is 10.9 Å². The van der Waals surface area contributed by atoms with Crippen LogP contribution >= 0.6 is 0 Å². The van der Waals surface area contributed by atoms with E-state index in [9.17, 15) is 0 Å². The first kappa shape index (κ1) is 19.0. The third-order valence-corrected chi connectivity index (χ3v) is 5.99. The summed E-state index contributed by atoms with van der Waals surface area (Å²) in [5.41, 5.74) is 3.89. The molecule has 148 valence electrons. The fourth-order valence-corrected chi connectivity index (χ4v) is 4.38. The molecule has 0 atom stereocenters. The number of ether oxygens (including phenoxy) is 1. The molecule has 4 nitrogen and oxygen atoms in total. The number of likely N-dealkylation sites (tertiary alicyclic amines) is 1. The number of benzene rings is 2. The number of rotatable bonds is 7. The first-order valence-electron chi connectivity index (χ1n) is 10.4. The predicted octanol–water partition coefficient (Wildman–Crippen LogP) is 4.66. The zero-order chi connectivity index (χ0) is 19.3. The van der Waals surface area contributed by atoms with Crippen LogP contribution in [0.3, 0.4) is 0 Å². The number of hydrogen-bond acceptors (Lipinski definition) is 3.